The van der Waals surface area contributed by atoms with Crippen LogP contribution in [0.5, 0.6) is 0 Å². The Balaban J connectivity index is 1.50. The van der Waals surface area contributed by atoms with Crippen LogP contribution in [0, 0.1) is 0 Å². The Morgan fingerprint density at radius 1 is 0.939 bits per heavy atom. The average Bonchev–Trinajstić information content (AvgIpc) is 2.82. The number of imide groups is 1. The Hall–Kier alpha value is -3.40. The molecule has 7 nitrogen and oxygen atoms in total. The smallest absolute Gasteiger partial charge is 0.336 e. The molecule has 3 rings (SSSR count). The number of amides is 4. The molecule has 1 fully saturated rings. The number of hydrogen-bond donors (Lipinski definition) is 2. The fourth-order valence-corrected chi connectivity index (χ4v) is 3.60. The average molecular weight is 462 g/mol. The van der Waals surface area contributed by atoms with E-state index in [-0.39, 0.29) is 25.2 Å². The number of nitrogens with one attached hydrogen (secondary N) is 2. The molecule has 0 aliphatic carbocycles. The van der Waals surface area contributed by atoms with Gasteiger partial charge in [0, 0.05) is 32.7 Å². The number of piperazine rings is 1. The van der Waals surface area contributed by atoms with Gasteiger partial charge in [-0.3, -0.25) is 19.8 Å². The van der Waals surface area contributed by atoms with Crippen molar-refractivity contribution in [2.24, 2.45) is 0 Å². The molecule has 0 aromatic heterocycles. The van der Waals surface area contributed by atoms with E-state index in [4.69, 9.17) is 0 Å². The number of alkyl halides is 3. The lowest BCUT2D eigenvalue weighted by Crippen LogP contribution is -2.56. The van der Waals surface area contributed by atoms with Gasteiger partial charge in [0.15, 0.2) is 0 Å². The lowest BCUT2D eigenvalue weighted by atomic mass is 10.1. The van der Waals surface area contributed by atoms with Gasteiger partial charge in [-0.25, -0.2) is 4.79 Å². The Morgan fingerprint density at radius 2 is 1.55 bits per heavy atom. The van der Waals surface area contributed by atoms with Gasteiger partial charge in [-0.15, -0.1) is 0 Å². The van der Waals surface area contributed by atoms with Gasteiger partial charge in [0.2, 0.25) is 5.91 Å². The Bertz CT molecular complexity index is 990. The van der Waals surface area contributed by atoms with Crippen LogP contribution in [-0.4, -0.2) is 59.9 Å². The summed E-state index contributed by atoms with van der Waals surface area (Å²) in [5, 5.41) is 4.91. The van der Waals surface area contributed by atoms with Gasteiger partial charge in [0.1, 0.15) is 0 Å². The largest absolute Gasteiger partial charge is 0.417 e. The van der Waals surface area contributed by atoms with E-state index in [2.05, 4.69) is 10.6 Å². The predicted octanol–water partition coefficient (Wildman–Crippen LogP) is 2.88. The summed E-state index contributed by atoms with van der Waals surface area (Å²) < 4.78 is 39.7. The van der Waals surface area contributed by atoms with Crippen molar-refractivity contribution < 1.29 is 27.6 Å². The third-order valence-electron chi connectivity index (χ3n) is 5.52. The van der Waals surface area contributed by atoms with E-state index in [1.165, 1.54) is 23.1 Å². The number of rotatable bonds is 5. The maximum absolute atomic E-state index is 13.2. The SMILES string of the molecule is CC(C(=O)NC(=O)NCc1ccccc1)N1CCN(C(=O)c2ccccc2C(F)(F)F)CC1. The van der Waals surface area contributed by atoms with Crippen molar-refractivity contribution in [2.45, 2.75) is 25.7 Å². The summed E-state index contributed by atoms with van der Waals surface area (Å²) >= 11 is 0. The van der Waals surface area contributed by atoms with E-state index >= 15 is 0 Å². The topological polar surface area (TPSA) is 81.8 Å². The highest BCUT2D eigenvalue weighted by atomic mass is 19.4. The molecule has 4 amide bonds. The standard InChI is InChI=1S/C23H25F3N4O3/c1-16(20(31)28-22(33)27-15-17-7-3-2-4-8-17)29-11-13-30(14-12-29)21(32)18-9-5-6-10-19(18)23(24,25)26/h2-10,16H,11-15H2,1H3,(H2,27,28,31,33). The molecule has 1 unspecified atom stereocenters. The van der Waals surface area contributed by atoms with Crippen LogP contribution < -0.4 is 10.6 Å². The lowest BCUT2D eigenvalue weighted by Gasteiger charge is -2.37. The van der Waals surface area contributed by atoms with Gasteiger partial charge in [0.25, 0.3) is 5.91 Å². The molecule has 1 saturated heterocycles. The third kappa shape index (κ3) is 6.32. The summed E-state index contributed by atoms with van der Waals surface area (Å²) in [6.07, 6.45) is -4.62. The number of benzene rings is 2. The van der Waals surface area contributed by atoms with Gasteiger partial charge in [-0.2, -0.15) is 13.2 Å². The van der Waals surface area contributed by atoms with Gasteiger partial charge in [-0.05, 0) is 24.6 Å². The summed E-state index contributed by atoms with van der Waals surface area (Å²) in [7, 11) is 0. The number of carbonyl (C=O) groups is 3. The molecule has 2 aromatic carbocycles. The van der Waals surface area contributed by atoms with Crippen LogP contribution in [0.1, 0.15) is 28.4 Å². The van der Waals surface area contributed by atoms with Crippen molar-refractivity contribution in [3.05, 3.63) is 71.3 Å². The van der Waals surface area contributed by atoms with Crippen molar-refractivity contribution in [2.75, 3.05) is 26.2 Å². The fraction of sp³-hybridized carbons (Fsp3) is 0.348. The molecule has 0 radical (unpaired) electrons. The second-order valence-corrected chi connectivity index (χ2v) is 7.71. The van der Waals surface area contributed by atoms with Gasteiger partial charge < -0.3 is 10.2 Å². The number of halogens is 3. The monoisotopic (exact) mass is 462 g/mol. The number of hydrogen-bond acceptors (Lipinski definition) is 4. The van der Waals surface area contributed by atoms with Crippen molar-refractivity contribution in [3.63, 3.8) is 0 Å². The van der Waals surface area contributed by atoms with Crippen molar-refractivity contribution in [1.82, 2.24) is 20.4 Å². The number of nitrogens with zero attached hydrogens (tertiary/aromatic N) is 2. The molecule has 1 aliphatic heterocycles. The van der Waals surface area contributed by atoms with Crippen LogP contribution in [0.4, 0.5) is 18.0 Å². The summed E-state index contributed by atoms with van der Waals surface area (Å²) in [5.41, 5.74) is -0.466. The first-order valence-electron chi connectivity index (χ1n) is 10.5. The maximum atomic E-state index is 13.2. The van der Waals surface area contributed by atoms with E-state index in [0.29, 0.717) is 13.1 Å². The van der Waals surface area contributed by atoms with Crippen LogP contribution in [-0.2, 0) is 17.5 Å². The van der Waals surface area contributed by atoms with E-state index in [0.717, 1.165) is 11.6 Å². The zero-order valence-corrected chi connectivity index (χ0v) is 18.1. The summed E-state index contributed by atoms with van der Waals surface area (Å²) in [6.45, 7) is 2.83. The minimum absolute atomic E-state index is 0.169. The molecule has 1 atom stereocenters. The summed E-state index contributed by atoms with van der Waals surface area (Å²) in [6, 6.07) is 12.7. The van der Waals surface area contributed by atoms with E-state index in [9.17, 15) is 27.6 Å². The van der Waals surface area contributed by atoms with Crippen molar-refractivity contribution >= 4 is 17.8 Å². The van der Waals surface area contributed by atoms with Crippen LogP contribution in [0.2, 0.25) is 0 Å². The van der Waals surface area contributed by atoms with Crippen LogP contribution in [0.25, 0.3) is 0 Å². The molecule has 33 heavy (non-hydrogen) atoms. The van der Waals surface area contributed by atoms with Crippen LogP contribution in [0.15, 0.2) is 54.6 Å². The zero-order chi connectivity index (χ0) is 24.0. The first-order chi connectivity index (χ1) is 15.7. The molecule has 1 heterocycles. The van der Waals surface area contributed by atoms with Crippen LogP contribution >= 0.6 is 0 Å². The number of urea groups is 1. The molecule has 1 aliphatic rings. The van der Waals surface area contributed by atoms with Crippen molar-refractivity contribution in [3.8, 4) is 0 Å². The molecule has 0 saturated carbocycles. The minimum atomic E-state index is -4.62. The second kappa shape index (κ2) is 10.5. The number of carbonyl (C=O) groups excluding carboxylic acids is 3. The normalized spacial score (nSPS) is 15.6. The van der Waals surface area contributed by atoms with Crippen LogP contribution in [0.3, 0.4) is 0 Å². The lowest BCUT2D eigenvalue weighted by molar-refractivity contribution is -0.138. The highest BCUT2D eigenvalue weighted by molar-refractivity contribution is 5.97. The predicted molar refractivity (Wildman–Crippen MR) is 115 cm³/mol. The molecule has 0 spiro atoms. The summed E-state index contributed by atoms with van der Waals surface area (Å²) in [5.74, 6) is -1.19. The first-order valence-corrected chi connectivity index (χ1v) is 10.5. The molecular formula is C23H25F3N4O3. The first kappa shape index (κ1) is 24.2. The Kier molecular flexibility index (Phi) is 7.70. The zero-order valence-electron chi connectivity index (χ0n) is 18.1. The van der Waals surface area contributed by atoms with Gasteiger partial charge in [-0.1, -0.05) is 42.5 Å². The van der Waals surface area contributed by atoms with E-state index < -0.39 is 35.6 Å². The second-order valence-electron chi connectivity index (χ2n) is 7.71. The molecule has 2 aromatic rings. The molecular weight excluding hydrogens is 437 g/mol. The quantitative estimate of drug-likeness (QED) is 0.716. The maximum Gasteiger partial charge on any atom is 0.417 e. The minimum Gasteiger partial charge on any atom is -0.336 e. The van der Waals surface area contributed by atoms with Gasteiger partial charge >= 0.3 is 12.2 Å². The highest BCUT2D eigenvalue weighted by Gasteiger charge is 2.37. The molecule has 0 bridgehead atoms. The van der Waals surface area contributed by atoms with E-state index in [1.54, 1.807) is 11.8 Å². The van der Waals surface area contributed by atoms with Gasteiger partial charge in [0.05, 0.1) is 17.2 Å². The fourth-order valence-electron chi connectivity index (χ4n) is 3.60. The molecule has 10 heteroatoms. The summed E-state index contributed by atoms with van der Waals surface area (Å²) in [4.78, 5) is 40.3. The highest BCUT2D eigenvalue weighted by Crippen LogP contribution is 2.32. The van der Waals surface area contributed by atoms with E-state index in [1.807, 2.05) is 30.3 Å². The molecule has 176 valence electrons. The molecule has 2 N–H and O–H groups in total. The Morgan fingerprint density at radius 3 is 2.18 bits per heavy atom. The third-order valence-corrected chi connectivity index (χ3v) is 5.52. The Labute approximate surface area is 189 Å². The van der Waals surface area contributed by atoms with Crippen molar-refractivity contribution in [1.29, 1.82) is 0 Å².